The Balaban J connectivity index is 0.000000200. The van der Waals surface area contributed by atoms with Gasteiger partial charge in [-0.25, -0.2) is 0 Å². The van der Waals surface area contributed by atoms with Gasteiger partial charge in [0.1, 0.15) is 25.1 Å². The molecule has 0 radical (unpaired) electrons. The van der Waals surface area contributed by atoms with Crippen molar-refractivity contribution >= 4 is 25.1 Å². The molecular weight excluding hydrogens is 256 g/mol. The van der Waals surface area contributed by atoms with Gasteiger partial charge in [-0.3, -0.25) is 19.2 Å². The fraction of sp³-hybridized carbons (Fsp3) is 0. The van der Waals surface area contributed by atoms with Gasteiger partial charge in [0.05, 0.1) is 0 Å². The number of aldehydes is 4. The Labute approximate surface area is 116 Å². The van der Waals surface area contributed by atoms with E-state index < -0.39 is 0 Å². The Morgan fingerprint density at radius 1 is 0.400 bits per heavy atom. The van der Waals surface area contributed by atoms with Gasteiger partial charge in [-0.15, -0.1) is 0 Å². The Kier molecular flexibility index (Phi) is 6.27. The van der Waals surface area contributed by atoms with Gasteiger partial charge >= 0.3 is 0 Å². The van der Waals surface area contributed by atoms with Crippen LogP contribution >= 0.6 is 0 Å². The molecule has 100 valence electrons. The molecule has 0 spiro atoms. The fourth-order valence-electron chi connectivity index (χ4n) is 1.31. The third-order valence-electron chi connectivity index (χ3n) is 2.42. The summed E-state index contributed by atoms with van der Waals surface area (Å²) >= 11 is 0. The first-order valence-corrected chi connectivity index (χ1v) is 5.74. The smallest absolute Gasteiger partial charge is 0.150 e. The van der Waals surface area contributed by atoms with Gasteiger partial charge in [-0.1, -0.05) is 48.5 Å². The summed E-state index contributed by atoms with van der Waals surface area (Å²) in [5, 5.41) is 0. The molecule has 0 saturated carbocycles. The molecule has 0 aliphatic carbocycles. The van der Waals surface area contributed by atoms with Crippen LogP contribution in [0.3, 0.4) is 0 Å². The molecule has 0 atom stereocenters. The minimum Gasteiger partial charge on any atom is -0.298 e. The summed E-state index contributed by atoms with van der Waals surface area (Å²) in [5.41, 5.74) is 2.35. The SMILES string of the molecule is O=Cc1ccc(C=O)cc1.O=Cc1ccc(C=O)cc1. The summed E-state index contributed by atoms with van der Waals surface area (Å²) in [4.78, 5) is 40.5. The van der Waals surface area contributed by atoms with Gasteiger partial charge in [0.2, 0.25) is 0 Å². The van der Waals surface area contributed by atoms with Crippen molar-refractivity contribution in [1.29, 1.82) is 0 Å². The first-order valence-electron chi connectivity index (χ1n) is 5.74. The van der Waals surface area contributed by atoms with E-state index in [-0.39, 0.29) is 0 Å². The highest BCUT2D eigenvalue weighted by Gasteiger charge is 1.89. The highest BCUT2D eigenvalue weighted by atomic mass is 16.1. The van der Waals surface area contributed by atoms with E-state index in [1.807, 2.05) is 0 Å². The minimum absolute atomic E-state index is 0.589. The largest absolute Gasteiger partial charge is 0.298 e. The van der Waals surface area contributed by atoms with Crippen LogP contribution in [0.25, 0.3) is 0 Å². The van der Waals surface area contributed by atoms with Crippen molar-refractivity contribution in [3.05, 3.63) is 70.8 Å². The monoisotopic (exact) mass is 268 g/mol. The normalized spacial score (nSPS) is 8.80. The molecule has 0 unspecified atom stereocenters. The Hall–Kier alpha value is -2.88. The van der Waals surface area contributed by atoms with E-state index in [1.165, 1.54) is 0 Å². The molecule has 0 heterocycles. The zero-order chi connectivity index (χ0) is 14.8. The maximum Gasteiger partial charge on any atom is 0.150 e. The highest BCUT2D eigenvalue weighted by molar-refractivity contribution is 5.80. The summed E-state index contributed by atoms with van der Waals surface area (Å²) in [6, 6.07) is 12.9. The molecular formula is C16H12O4. The van der Waals surface area contributed by atoms with Crippen LogP contribution in [0.4, 0.5) is 0 Å². The first-order chi connectivity index (χ1) is 9.73. The fourth-order valence-corrected chi connectivity index (χ4v) is 1.31. The zero-order valence-electron chi connectivity index (χ0n) is 10.6. The lowest BCUT2D eigenvalue weighted by molar-refractivity contribution is 0.111. The van der Waals surface area contributed by atoms with Crippen LogP contribution < -0.4 is 0 Å². The summed E-state index contributed by atoms with van der Waals surface area (Å²) < 4.78 is 0. The average Bonchev–Trinajstić information content (AvgIpc) is 2.55. The summed E-state index contributed by atoms with van der Waals surface area (Å²) in [6.45, 7) is 0. The number of benzene rings is 2. The average molecular weight is 268 g/mol. The molecule has 0 aliphatic rings. The van der Waals surface area contributed by atoms with Crippen LogP contribution in [0, 0.1) is 0 Å². The Bertz CT molecular complexity index is 473. The van der Waals surface area contributed by atoms with E-state index in [9.17, 15) is 19.2 Å². The molecule has 0 saturated heterocycles. The molecule has 4 nitrogen and oxygen atoms in total. The lowest BCUT2D eigenvalue weighted by Gasteiger charge is -1.88. The van der Waals surface area contributed by atoms with Crippen LogP contribution in [0.1, 0.15) is 41.4 Å². The van der Waals surface area contributed by atoms with Crippen molar-refractivity contribution in [3.8, 4) is 0 Å². The Morgan fingerprint density at radius 2 is 0.550 bits per heavy atom. The van der Waals surface area contributed by atoms with Gasteiger partial charge in [-0.05, 0) is 0 Å². The van der Waals surface area contributed by atoms with Crippen molar-refractivity contribution in [2.45, 2.75) is 0 Å². The van der Waals surface area contributed by atoms with E-state index in [4.69, 9.17) is 0 Å². The van der Waals surface area contributed by atoms with E-state index in [0.717, 1.165) is 25.1 Å². The molecule has 0 N–H and O–H groups in total. The van der Waals surface area contributed by atoms with E-state index >= 15 is 0 Å². The van der Waals surface area contributed by atoms with Crippen LogP contribution in [-0.2, 0) is 0 Å². The van der Waals surface area contributed by atoms with Crippen molar-refractivity contribution in [2.75, 3.05) is 0 Å². The third kappa shape index (κ3) is 4.78. The van der Waals surface area contributed by atoms with Crippen molar-refractivity contribution < 1.29 is 19.2 Å². The quantitative estimate of drug-likeness (QED) is 0.799. The second-order valence-corrected chi connectivity index (χ2v) is 3.80. The zero-order valence-corrected chi connectivity index (χ0v) is 10.6. The summed E-state index contributed by atoms with van der Waals surface area (Å²) in [5.74, 6) is 0. The lowest BCUT2D eigenvalue weighted by Crippen LogP contribution is -1.81. The number of rotatable bonds is 4. The van der Waals surface area contributed by atoms with Gasteiger partial charge in [0.15, 0.2) is 0 Å². The molecule has 20 heavy (non-hydrogen) atoms. The molecule has 0 aromatic heterocycles. The van der Waals surface area contributed by atoms with E-state index in [0.29, 0.717) is 22.3 Å². The maximum absolute atomic E-state index is 10.1. The predicted molar refractivity (Wildman–Crippen MR) is 74.4 cm³/mol. The maximum atomic E-state index is 10.1. The van der Waals surface area contributed by atoms with Crippen LogP contribution in [-0.4, -0.2) is 25.1 Å². The highest BCUT2D eigenvalue weighted by Crippen LogP contribution is 1.99. The molecule has 0 amide bonds. The Morgan fingerprint density at radius 3 is 0.650 bits per heavy atom. The number of carbonyl (C=O) groups is 4. The van der Waals surface area contributed by atoms with Crippen molar-refractivity contribution in [2.24, 2.45) is 0 Å². The standard InChI is InChI=1S/2C8H6O2/c2*9-5-7-1-2-8(6-10)4-3-7/h2*1-6H. The lowest BCUT2D eigenvalue weighted by atomic mass is 10.2. The molecule has 0 fully saturated rings. The molecule has 2 rings (SSSR count). The summed E-state index contributed by atoms with van der Waals surface area (Å²) in [6.07, 6.45) is 2.98. The molecule has 4 heteroatoms. The number of hydrogen-bond donors (Lipinski definition) is 0. The second kappa shape index (κ2) is 8.26. The third-order valence-corrected chi connectivity index (χ3v) is 2.42. The van der Waals surface area contributed by atoms with Gasteiger partial charge in [-0.2, -0.15) is 0 Å². The second-order valence-electron chi connectivity index (χ2n) is 3.80. The van der Waals surface area contributed by atoms with E-state index in [1.54, 1.807) is 48.5 Å². The molecule has 2 aromatic carbocycles. The topological polar surface area (TPSA) is 68.3 Å². The molecule has 2 aromatic rings. The molecule has 0 bridgehead atoms. The minimum atomic E-state index is 0.589. The summed E-state index contributed by atoms with van der Waals surface area (Å²) in [7, 11) is 0. The van der Waals surface area contributed by atoms with Crippen LogP contribution in [0.2, 0.25) is 0 Å². The van der Waals surface area contributed by atoms with Crippen LogP contribution in [0.5, 0.6) is 0 Å². The predicted octanol–water partition coefficient (Wildman–Crippen LogP) is 2.62. The van der Waals surface area contributed by atoms with Crippen molar-refractivity contribution in [1.82, 2.24) is 0 Å². The van der Waals surface area contributed by atoms with Gasteiger partial charge < -0.3 is 0 Å². The van der Waals surface area contributed by atoms with Crippen LogP contribution in [0.15, 0.2) is 48.5 Å². The van der Waals surface area contributed by atoms with Gasteiger partial charge in [0, 0.05) is 22.3 Å². The number of hydrogen-bond acceptors (Lipinski definition) is 4. The van der Waals surface area contributed by atoms with E-state index in [2.05, 4.69) is 0 Å². The van der Waals surface area contributed by atoms with Crippen molar-refractivity contribution in [3.63, 3.8) is 0 Å². The van der Waals surface area contributed by atoms with Gasteiger partial charge in [0.25, 0.3) is 0 Å². The molecule has 0 aliphatic heterocycles. The first kappa shape index (κ1) is 15.2. The number of carbonyl (C=O) groups excluding carboxylic acids is 4.